The third kappa shape index (κ3) is 4.14. The Morgan fingerprint density at radius 1 is 1.22 bits per heavy atom. The number of carbonyl (C=O) groups is 1. The Bertz CT molecular complexity index is 1500. The van der Waals surface area contributed by atoms with Crippen molar-refractivity contribution >= 4 is 23.0 Å². The van der Waals surface area contributed by atoms with Gasteiger partial charge in [0.15, 0.2) is 5.82 Å². The van der Waals surface area contributed by atoms with Crippen molar-refractivity contribution in [3.8, 4) is 11.1 Å². The molecule has 9 heteroatoms. The van der Waals surface area contributed by atoms with Crippen LogP contribution in [-0.4, -0.2) is 31.5 Å². The second-order valence-electron chi connectivity index (χ2n) is 9.23. The monoisotopic (exact) mass is 498 g/mol. The highest BCUT2D eigenvalue weighted by molar-refractivity contribution is 7.15. The van der Waals surface area contributed by atoms with Crippen molar-refractivity contribution in [2.24, 2.45) is 10.9 Å². The molecule has 2 atom stereocenters. The fourth-order valence-electron chi connectivity index (χ4n) is 4.58. The molecule has 0 spiro atoms. The van der Waals surface area contributed by atoms with E-state index in [1.165, 1.54) is 4.88 Å². The van der Waals surface area contributed by atoms with Crippen molar-refractivity contribution in [2.75, 3.05) is 0 Å². The maximum absolute atomic E-state index is 13.2. The number of aromatic nitrogens is 3. The van der Waals surface area contributed by atoms with E-state index in [0.717, 1.165) is 38.9 Å². The van der Waals surface area contributed by atoms with Gasteiger partial charge in [-0.2, -0.15) is 5.26 Å². The molecule has 0 bridgehead atoms. The minimum atomic E-state index is -0.554. The van der Waals surface area contributed by atoms with Crippen LogP contribution in [0.2, 0.25) is 0 Å². The smallest absolute Gasteiger partial charge is 0.226 e. The summed E-state index contributed by atoms with van der Waals surface area (Å²) >= 11 is 1.66. The highest BCUT2D eigenvalue weighted by Gasteiger charge is 2.32. The van der Waals surface area contributed by atoms with Gasteiger partial charge in [-0.15, -0.1) is 21.5 Å². The number of aliphatic imine (C=N–C) groups is 1. The molecule has 1 unspecified atom stereocenters. The molecule has 2 aromatic heterocycles. The number of amides is 1. The van der Waals surface area contributed by atoms with Crippen molar-refractivity contribution in [3.63, 3.8) is 0 Å². The number of rotatable bonds is 4. The fourth-order valence-corrected chi connectivity index (χ4v) is 5.79. The first kappa shape index (κ1) is 23.7. The molecule has 1 aliphatic heterocycles. The van der Waals surface area contributed by atoms with Crippen LogP contribution in [0.1, 0.15) is 64.6 Å². The van der Waals surface area contributed by atoms with Gasteiger partial charge in [0.1, 0.15) is 16.9 Å². The number of hydrogen-bond donors (Lipinski definition) is 2. The first-order valence-electron chi connectivity index (χ1n) is 11.8. The van der Waals surface area contributed by atoms with Crippen LogP contribution in [0.25, 0.3) is 5.00 Å². The van der Waals surface area contributed by atoms with Gasteiger partial charge in [0.2, 0.25) is 5.91 Å². The Labute approximate surface area is 213 Å². The molecular formula is C27H26N6O2S. The van der Waals surface area contributed by atoms with E-state index in [1.807, 2.05) is 30.5 Å². The third-order valence-electron chi connectivity index (χ3n) is 6.69. The third-order valence-corrected chi connectivity index (χ3v) is 7.88. The van der Waals surface area contributed by atoms with Gasteiger partial charge in [0.25, 0.3) is 0 Å². The summed E-state index contributed by atoms with van der Waals surface area (Å²) in [6.45, 7) is 7.98. The van der Waals surface area contributed by atoms with Crippen LogP contribution < -0.4 is 5.32 Å². The van der Waals surface area contributed by atoms with Gasteiger partial charge >= 0.3 is 0 Å². The quantitative estimate of drug-likeness (QED) is 0.531. The molecule has 0 fully saturated rings. The number of aryl methyl sites for hydroxylation is 2. The number of carbonyl (C=O) groups excluding carboxylic acids is 1. The molecule has 1 aromatic carbocycles. The summed E-state index contributed by atoms with van der Waals surface area (Å²) in [6.07, 6.45) is 4.01. The molecule has 8 nitrogen and oxygen atoms in total. The summed E-state index contributed by atoms with van der Waals surface area (Å²) in [6, 6.07) is 8.97. The summed E-state index contributed by atoms with van der Waals surface area (Å²) in [5, 5.41) is 31.9. The molecule has 5 rings (SSSR count). The average molecular weight is 499 g/mol. The molecule has 3 aromatic rings. The molecule has 3 heterocycles. The van der Waals surface area contributed by atoms with Gasteiger partial charge in [-0.1, -0.05) is 19.1 Å². The van der Waals surface area contributed by atoms with Crippen LogP contribution in [0.15, 0.2) is 52.9 Å². The maximum atomic E-state index is 13.2. The number of aliphatic hydroxyl groups excluding tert-OH is 1. The van der Waals surface area contributed by atoms with Gasteiger partial charge in [-0.25, -0.2) is 0 Å². The minimum absolute atomic E-state index is 0.0443. The number of nitrogens with zero attached hydrogens (tertiary/aromatic N) is 5. The Kier molecular flexibility index (Phi) is 6.06. The van der Waals surface area contributed by atoms with E-state index in [-0.39, 0.29) is 18.2 Å². The molecule has 1 amide bonds. The Morgan fingerprint density at radius 3 is 2.67 bits per heavy atom. The molecule has 2 N–H and O–H groups in total. The normalized spacial score (nSPS) is 18.7. The maximum Gasteiger partial charge on any atom is 0.226 e. The molecule has 0 radical (unpaired) electrons. The first-order chi connectivity index (χ1) is 17.3. The Balaban J connectivity index is 1.58. The number of thiophene rings is 1. The van der Waals surface area contributed by atoms with Gasteiger partial charge < -0.3 is 10.4 Å². The van der Waals surface area contributed by atoms with Crippen LogP contribution in [0, 0.1) is 38.0 Å². The summed E-state index contributed by atoms with van der Waals surface area (Å²) in [5.41, 5.74) is 5.11. The van der Waals surface area contributed by atoms with E-state index < -0.39 is 6.04 Å². The Hall–Kier alpha value is -4.03. The first-order valence-corrected chi connectivity index (χ1v) is 12.6. The number of hydrogen-bond acceptors (Lipinski definition) is 7. The van der Waals surface area contributed by atoms with Gasteiger partial charge in [-0.05, 0) is 57.0 Å². The number of allylic oxidation sites excluding steroid dienone is 4. The van der Waals surface area contributed by atoms with Crippen LogP contribution in [0.4, 0.5) is 0 Å². The van der Waals surface area contributed by atoms with Crippen molar-refractivity contribution in [3.05, 3.63) is 86.7 Å². The van der Waals surface area contributed by atoms with Gasteiger partial charge in [-0.3, -0.25) is 14.4 Å². The standard InChI is InChI=1S/C27H26N6O2S/c1-14-11-20(9-10-22(14)34)29-23(35)12-21-26-32-31-17(4)33(26)27-24(15(2)16(3)36-27)25(30-21)19-7-5-18(13-28)6-8-19/h5-10,14,21,34H,11-12H2,1-4H3,(H,29,35)/t14?,21-/m0/s1. The number of fused-ring (bicyclic) bond motifs is 3. The lowest BCUT2D eigenvalue weighted by molar-refractivity contribution is -0.120. The van der Waals surface area contributed by atoms with Crippen molar-refractivity contribution < 1.29 is 9.90 Å². The second-order valence-corrected chi connectivity index (χ2v) is 10.4. The molecule has 0 saturated heterocycles. The zero-order chi connectivity index (χ0) is 25.6. The van der Waals surface area contributed by atoms with E-state index in [2.05, 4.69) is 35.4 Å². The molecule has 182 valence electrons. The number of nitriles is 1. The highest BCUT2D eigenvalue weighted by atomic mass is 32.1. The molecule has 2 aliphatic rings. The van der Waals surface area contributed by atoms with E-state index in [1.54, 1.807) is 35.6 Å². The summed E-state index contributed by atoms with van der Waals surface area (Å²) in [4.78, 5) is 19.4. The van der Waals surface area contributed by atoms with Crippen molar-refractivity contribution in [1.29, 1.82) is 5.26 Å². The SMILES string of the molecule is Cc1sc2c(c1C)C(c1ccc(C#N)cc1)=N[C@@H](CC(=O)NC1=CC=C(O)C(C)C1)c1nnc(C)n1-2. The van der Waals surface area contributed by atoms with Crippen molar-refractivity contribution in [1.82, 2.24) is 20.1 Å². The van der Waals surface area contributed by atoms with Crippen LogP contribution in [0.3, 0.4) is 0 Å². The predicted octanol–water partition coefficient (Wildman–Crippen LogP) is 4.89. The van der Waals surface area contributed by atoms with Gasteiger partial charge in [0.05, 0.1) is 29.5 Å². The number of benzene rings is 1. The topological polar surface area (TPSA) is 116 Å². The highest BCUT2D eigenvalue weighted by Crippen LogP contribution is 2.39. The summed E-state index contributed by atoms with van der Waals surface area (Å²) in [5.74, 6) is 1.45. The lowest BCUT2D eigenvalue weighted by Gasteiger charge is -2.19. The number of aliphatic hydroxyl groups is 1. The second kappa shape index (κ2) is 9.21. The zero-order valence-corrected chi connectivity index (χ0v) is 21.3. The van der Waals surface area contributed by atoms with Crippen LogP contribution >= 0.6 is 11.3 Å². The van der Waals surface area contributed by atoms with Gasteiger partial charge in [0, 0.05) is 27.6 Å². The lowest BCUT2D eigenvalue weighted by atomic mass is 9.98. The van der Waals surface area contributed by atoms with E-state index in [4.69, 9.17) is 4.99 Å². The Morgan fingerprint density at radius 2 is 1.97 bits per heavy atom. The molecule has 0 saturated carbocycles. The lowest BCUT2D eigenvalue weighted by Crippen LogP contribution is -2.27. The molecule has 36 heavy (non-hydrogen) atoms. The van der Waals surface area contributed by atoms with E-state index in [0.29, 0.717) is 23.6 Å². The predicted molar refractivity (Wildman–Crippen MR) is 138 cm³/mol. The number of nitrogens with one attached hydrogen (secondary N) is 1. The molecule has 1 aliphatic carbocycles. The van der Waals surface area contributed by atoms with E-state index in [9.17, 15) is 15.2 Å². The minimum Gasteiger partial charge on any atom is -0.512 e. The average Bonchev–Trinajstić information content (AvgIpc) is 3.33. The zero-order valence-electron chi connectivity index (χ0n) is 20.5. The summed E-state index contributed by atoms with van der Waals surface area (Å²) < 4.78 is 2.01. The molecular weight excluding hydrogens is 472 g/mol. The largest absolute Gasteiger partial charge is 0.512 e. The van der Waals surface area contributed by atoms with Crippen molar-refractivity contribution in [2.45, 2.75) is 46.6 Å². The summed E-state index contributed by atoms with van der Waals surface area (Å²) in [7, 11) is 0. The van der Waals surface area contributed by atoms with Crippen LogP contribution in [-0.2, 0) is 4.79 Å². The fraction of sp³-hybridized carbons (Fsp3) is 0.296. The van der Waals surface area contributed by atoms with Crippen LogP contribution in [0.5, 0.6) is 0 Å². The van der Waals surface area contributed by atoms with E-state index >= 15 is 0 Å².